The average Bonchev–Trinajstić information content (AvgIpc) is 2.34. The quantitative estimate of drug-likeness (QED) is 0.670. The molecule has 1 fully saturated rings. The molecule has 21 heavy (non-hydrogen) atoms. The molecular formula is C12H10F3NO5-2. The molecule has 0 atom stereocenters. The number of ether oxygens (including phenoxy) is 1. The molecule has 1 aromatic carbocycles. The van der Waals surface area contributed by atoms with Gasteiger partial charge in [0, 0.05) is 13.1 Å². The molecule has 0 aromatic heterocycles. The van der Waals surface area contributed by atoms with Crippen molar-refractivity contribution in [2.75, 3.05) is 13.1 Å². The maximum atomic E-state index is 12.3. The van der Waals surface area contributed by atoms with Crippen molar-refractivity contribution in [3.8, 4) is 5.75 Å². The fourth-order valence-electron chi connectivity index (χ4n) is 1.28. The molecule has 116 valence electrons. The first-order chi connectivity index (χ1) is 9.70. The summed E-state index contributed by atoms with van der Waals surface area (Å²) in [6.45, 7) is 1.38. The lowest BCUT2D eigenvalue weighted by Gasteiger charge is -2.28. The first kappa shape index (κ1) is 16.8. The Balaban J connectivity index is 0.000000315. The molecule has 1 N–H and O–H groups in total. The van der Waals surface area contributed by atoms with Crippen LogP contribution in [-0.4, -0.2) is 31.1 Å². The number of carbonyl (C=O) groups excluding carboxylic acids is 2. The van der Waals surface area contributed by atoms with Gasteiger partial charge in [-0.25, -0.2) is 0 Å². The van der Waals surface area contributed by atoms with Crippen LogP contribution < -0.4 is 20.3 Å². The van der Waals surface area contributed by atoms with Crippen molar-refractivity contribution in [3.63, 3.8) is 0 Å². The minimum Gasteiger partial charge on any atom is -0.543 e. The second-order valence-electron chi connectivity index (χ2n) is 4.00. The standard InChI is InChI=1S/C10H10F3NO.C2H2O4/c11-10(12,13)7-2-1-3-8(4-7)15-9-5-14-6-9;3-1(4)2(5)6/h1-4,9,14H,5-6H2;(H,3,4)(H,5,6)/p-2. The third-order valence-electron chi connectivity index (χ3n) is 2.37. The predicted molar refractivity (Wildman–Crippen MR) is 58.7 cm³/mol. The van der Waals surface area contributed by atoms with Crippen LogP contribution in [0.2, 0.25) is 0 Å². The molecule has 0 aliphatic carbocycles. The van der Waals surface area contributed by atoms with Crippen molar-refractivity contribution in [2.24, 2.45) is 0 Å². The molecular weight excluding hydrogens is 295 g/mol. The minimum absolute atomic E-state index is 0.00603. The Bertz CT molecular complexity index is 502. The molecule has 2 rings (SSSR count). The van der Waals surface area contributed by atoms with Crippen LogP contribution in [0.1, 0.15) is 5.56 Å². The molecule has 1 saturated heterocycles. The highest BCUT2D eigenvalue weighted by molar-refractivity contribution is 6.25. The third kappa shape index (κ3) is 5.69. The van der Waals surface area contributed by atoms with Gasteiger partial charge in [-0.15, -0.1) is 0 Å². The first-order valence-electron chi connectivity index (χ1n) is 5.67. The van der Waals surface area contributed by atoms with Gasteiger partial charge in [0.25, 0.3) is 0 Å². The van der Waals surface area contributed by atoms with Gasteiger partial charge in [0.1, 0.15) is 11.9 Å². The molecule has 1 aromatic rings. The van der Waals surface area contributed by atoms with Crippen LogP contribution in [0.15, 0.2) is 24.3 Å². The SMILES string of the molecule is FC(F)(F)c1cccc(OC2CNC2)c1.O=C([O-])C(=O)[O-]. The van der Waals surface area contributed by atoms with Crippen molar-refractivity contribution in [1.82, 2.24) is 5.32 Å². The fraction of sp³-hybridized carbons (Fsp3) is 0.333. The molecule has 0 radical (unpaired) electrons. The molecule has 1 aliphatic rings. The smallest absolute Gasteiger partial charge is 0.416 e. The summed E-state index contributed by atoms with van der Waals surface area (Å²) >= 11 is 0. The molecule has 1 aliphatic heterocycles. The van der Waals surface area contributed by atoms with Gasteiger partial charge in [0.2, 0.25) is 0 Å². The van der Waals surface area contributed by atoms with E-state index in [4.69, 9.17) is 24.5 Å². The fourth-order valence-corrected chi connectivity index (χ4v) is 1.28. The lowest BCUT2D eigenvalue weighted by atomic mass is 10.2. The highest BCUT2D eigenvalue weighted by Gasteiger charge is 2.31. The number of hydrogen-bond donors (Lipinski definition) is 1. The summed E-state index contributed by atoms with van der Waals surface area (Å²) < 4.78 is 42.3. The van der Waals surface area contributed by atoms with Crippen molar-refractivity contribution in [2.45, 2.75) is 12.3 Å². The highest BCUT2D eigenvalue weighted by Crippen LogP contribution is 2.31. The van der Waals surface area contributed by atoms with Crippen LogP contribution in [0.5, 0.6) is 5.75 Å². The zero-order valence-corrected chi connectivity index (χ0v) is 10.5. The number of aliphatic carboxylic acids is 2. The number of rotatable bonds is 2. The van der Waals surface area contributed by atoms with Gasteiger partial charge in [0.05, 0.1) is 17.5 Å². The maximum Gasteiger partial charge on any atom is 0.416 e. The number of hydrogen-bond acceptors (Lipinski definition) is 6. The van der Waals surface area contributed by atoms with E-state index in [1.165, 1.54) is 12.1 Å². The van der Waals surface area contributed by atoms with Gasteiger partial charge in [-0.2, -0.15) is 13.2 Å². The predicted octanol–water partition coefficient (Wildman–Crippen LogP) is -1.46. The van der Waals surface area contributed by atoms with Crippen LogP contribution in [0.4, 0.5) is 13.2 Å². The van der Waals surface area contributed by atoms with E-state index in [-0.39, 0.29) is 11.9 Å². The second-order valence-corrected chi connectivity index (χ2v) is 4.00. The van der Waals surface area contributed by atoms with E-state index in [0.717, 1.165) is 12.1 Å². The Morgan fingerprint density at radius 2 is 1.76 bits per heavy atom. The second kappa shape index (κ2) is 6.93. The summed E-state index contributed by atoms with van der Waals surface area (Å²) in [5.74, 6) is -4.10. The van der Waals surface area contributed by atoms with E-state index in [1.54, 1.807) is 0 Å². The Hall–Kier alpha value is -2.29. The Kier molecular flexibility index (Phi) is 5.53. The maximum absolute atomic E-state index is 12.3. The number of halogens is 3. The van der Waals surface area contributed by atoms with Gasteiger partial charge < -0.3 is 29.9 Å². The summed E-state index contributed by atoms with van der Waals surface area (Å²) in [6, 6.07) is 4.95. The molecule has 6 nitrogen and oxygen atoms in total. The summed E-state index contributed by atoms with van der Waals surface area (Å²) in [6.07, 6.45) is -4.31. The molecule has 0 amide bonds. The number of alkyl halides is 3. The van der Waals surface area contributed by atoms with Crippen LogP contribution in [-0.2, 0) is 15.8 Å². The summed E-state index contributed by atoms with van der Waals surface area (Å²) in [5, 5.41) is 20.8. The van der Waals surface area contributed by atoms with Crippen LogP contribution >= 0.6 is 0 Å². The Morgan fingerprint density at radius 3 is 2.14 bits per heavy atom. The largest absolute Gasteiger partial charge is 0.543 e. The Labute approximate surface area is 117 Å². The molecule has 0 spiro atoms. The van der Waals surface area contributed by atoms with E-state index in [2.05, 4.69) is 5.32 Å². The average molecular weight is 305 g/mol. The van der Waals surface area contributed by atoms with Gasteiger partial charge in [0.15, 0.2) is 0 Å². The van der Waals surface area contributed by atoms with E-state index in [1.807, 2.05) is 0 Å². The molecule has 0 saturated carbocycles. The molecule has 1 heterocycles. The molecule has 0 bridgehead atoms. The third-order valence-corrected chi connectivity index (χ3v) is 2.37. The van der Waals surface area contributed by atoms with E-state index in [0.29, 0.717) is 13.1 Å². The number of carbonyl (C=O) groups is 2. The van der Waals surface area contributed by atoms with E-state index in [9.17, 15) is 13.2 Å². The van der Waals surface area contributed by atoms with Crippen molar-refractivity contribution >= 4 is 11.9 Å². The zero-order chi connectivity index (χ0) is 16.0. The summed E-state index contributed by atoms with van der Waals surface area (Å²) in [4.78, 5) is 17.9. The lowest BCUT2D eigenvalue weighted by molar-refractivity contribution is -0.345. The zero-order valence-electron chi connectivity index (χ0n) is 10.5. The van der Waals surface area contributed by atoms with Crippen LogP contribution in [0.25, 0.3) is 0 Å². The van der Waals surface area contributed by atoms with Crippen molar-refractivity contribution in [1.29, 1.82) is 0 Å². The van der Waals surface area contributed by atoms with Crippen LogP contribution in [0, 0.1) is 0 Å². The first-order valence-corrected chi connectivity index (χ1v) is 5.67. The summed E-state index contributed by atoms with van der Waals surface area (Å²) in [7, 11) is 0. The summed E-state index contributed by atoms with van der Waals surface area (Å²) in [5.41, 5.74) is -0.674. The minimum atomic E-state index is -4.31. The van der Waals surface area contributed by atoms with Crippen LogP contribution in [0.3, 0.4) is 0 Å². The van der Waals surface area contributed by atoms with E-state index < -0.39 is 23.7 Å². The number of carboxylic acid groups (broad SMARTS) is 2. The number of carboxylic acids is 2. The lowest BCUT2D eigenvalue weighted by Crippen LogP contribution is -2.50. The van der Waals surface area contributed by atoms with Gasteiger partial charge in [-0.05, 0) is 18.2 Å². The topological polar surface area (TPSA) is 102 Å². The molecule has 9 heteroatoms. The number of nitrogens with one attached hydrogen (secondary N) is 1. The monoisotopic (exact) mass is 305 g/mol. The highest BCUT2D eigenvalue weighted by atomic mass is 19.4. The van der Waals surface area contributed by atoms with E-state index >= 15 is 0 Å². The normalized spacial score (nSPS) is 14.4. The molecule has 0 unspecified atom stereocenters. The van der Waals surface area contributed by atoms with Gasteiger partial charge in [-0.1, -0.05) is 6.07 Å². The van der Waals surface area contributed by atoms with Crippen molar-refractivity contribution in [3.05, 3.63) is 29.8 Å². The van der Waals surface area contributed by atoms with Crippen molar-refractivity contribution < 1.29 is 37.7 Å². The Morgan fingerprint density at radius 1 is 1.19 bits per heavy atom. The number of benzene rings is 1. The van der Waals surface area contributed by atoms with Gasteiger partial charge in [-0.3, -0.25) is 0 Å². The van der Waals surface area contributed by atoms with Gasteiger partial charge >= 0.3 is 6.18 Å².